The molecule has 0 saturated carbocycles. The summed E-state index contributed by atoms with van der Waals surface area (Å²) in [6.07, 6.45) is 0. The van der Waals surface area contributed by atoms with Crippen LogP contribution in [0.2, 0.25) is 0 Å². The molecule has 4 nitrogen and oxygen atoms in total. The minimum Gasteiger partial charge on any atom is -0.478 e. The van der Waals surface area contributed by atoms with Crippen molar-refractivity contribution in [2.24, 2.45) is 0 Å². The van der Waals surface area contributed by atoms with Gasteiger partial charge in [-0.2, -0.15) is 0 Å². The van der Waals surface area contributed by atoms with E-state index in [1.807, 2.05) is 0 Å². The summed E-state index contributed by atoms with van der Waals surface area (Å²) in [7, 11) is 0. The van der Waals surface area contributed by atoms with Crippen molar-refractivity contribution in [3.05, 3.63) is 23.8 Å². The predicted octanol–water partition coefficient (Wildman–Crippen LogP) is 1.63. The summed E-state index contributed by atoms with van der Waals surface area (Å²) >= 11 is 4.01. The molecule has 0 radical (unpaired) electrons. The molecule has 0 aliphatic rings. The molecule has 5 heteroatoms. The summed E-state index contributed by atoms with van der Waals surface area (Å²) in [5, 5.41) is 11.2. The molecule has 0 saturated heterocycles. The molecule has 0 unspecified atom stereocenters. The molecule has 74 valence electrons. The fourth-order valence-corrected chi connectivity index (χ4v) is 1.21. The fraction of sp³-hybridized carbons (Fsp3) is 0.111. The second-order valence-corrected chi connectivity index (χ2v) is 3.23. The molecule has 2 N–H and O–H groups in total. The summed E-state index contributed by atoms with van der Waals surface area (Å²) in [4.78, 5) is 22.1. The van der Waals surface area contributed by atoms with Crippen molar-refractivity contribution in [2.45, 2.75) is 11.8 Å². The van der Waals surface area contributed by atoms with Gasteiger partial charge in [0, 0.05) is 11.8 Å². The van der Waals surface area contributed by atoms with Crippen molar-refractivity contribution in [1.29, 1.82) is 0 Å². The van der Waals surface area contributed by atoms with Gasteiger partial charge >= 0.3 is 5.97 Å². The average molecular weight is 211 g/mol. The number of anilines is 1. The third-order valence-corrected chi connectivity index (χ3v) is 1.82. The average Bonchev–Trinajstić information content (AvgIpc) is 2.07. The first kappa shape index (κ1) is 10.6. The topological polar surface area (TPSA) is 66.4 Å². The van der Waals surface area contributed by atoms with Gasteiger partial charge in [-0.15, -0.1) is 12.6 Å². The number of hydrogen-bond donors (Lipinski definition) is 3. The van der Waals surface area contributed by atoms with Gasteiger partial charge in [-0.05, 0) is 18.2 Å². The minimum atomic E-state index is -1.09. The monoisotopic (exact) mass is 211 g/mol. The molecule has 0 aromatic heterocycles. The molecule has 0 aliphatic heterocycles. The van der Waals surface area contributed by atoms with Crippen LogP contribution in [0.4, 0.5) is 5.69 Å². The first-order valence-electron chi connectivity index (χ1n) is 3.84. The third-order valence-electron chi connectivity index (χ3n) is 1.54. The quantitative estimate of drug-likeness (QED) is 0.651. The first-order chi connectivity index (χ1) is 6.50. The van der Waals surface area contributed by atoms with Gasteiger partial charge in [-0.3, -0.25) is 4.79 Å². The maximum absolute atomic E-state index is 10.8. The SMILES string of the molecule is CC(=O)Nc1ccc(S)cc1C(=O)O. The lowest BCUT2D eigenvalue weighted by Crippen LogP contribution is -2.10. The van der Waals surface area contributed by atoms with E-state index < -0.39 is 5.97 Å². The van der Waals surface area contributed by atoms with Crippen molar-refractivity contribution in [3.63, 3.8) is 0 Å². The maximum Gasteiger partial charge on any atom is 0.337 e. The fourth-order valence-electron chi connectivity index (χ4n) is 1.01. The second kappa shape index (κ2) is 4.15. The van der Waals surface area contributed by atoms with Crippen LogP contribution in [0.5, 0.6) is 0 Å². The van der Waals surface area contributed by atoms with Crippen LogP contribution in [-0.4, -0.2) is 17.0 Å². The van der Waals surface area contributed by atoms with E-state index >= 15 is 0 Å². The summed E-state index contributed by atoms with van der Waals surface area (Å²) in [6.45, 7) is 1.32. The molecule has 0 spiro atoms. The van der Waals surface area contributed by atoms with Crippen molar-refractivity contribution in [3.8, 4) is 0 Å². The second-order valence-electron chi connectivity index (χ2n) is 2.72. The van der Waals surface area contributed by atoms with Gasteiger partial charge in [0.25, 0.3) is 0 Å². The van der Waals surface area contributed by atoms with Crippen molar-refractivity contribution in [1.82, 2.24) is 0 Å². The molecular formula is C9H9NO3S. The molecule has 1 amide bonds. The normalized spacial score (nSPS) is 9.57. The van der Waals surface area contributed by atoms with Gasteiger partial charge in [0.05, 0.1) is 11.3 Å². The highest BCUT2D eigenvalue weighted by Crippen LogP contribution is 2.19. The van der Waals surface area contributed by atoms with Crippen molar-refractivity contribution in [2.75, 3.05) is 5.32 Å². The van der Waals surface area contributed by atoms with Gasteiger partial charge < -0.3 is 10.4 Å². The van der Waals surface area contributed by atoms with E-state index in [1.54, 1.807) is 6.07 Å². The van der Waals surface area contributed by atoms with Crippen molar-refractivity contribution < 1.29 is 14.7 Å². The molecule has 0 atom stereocenters. The minimum absolute atomic E-state index is 0.0349. The molecule has 0 bridgehead atoms. The van der Waals surface area contributed by atoms with Crippen LogP contribution in [0, 0.1) is 0 Å². The Hall–Kier alpha value is -1.49. The Morgan fingerprint density at radius 3 is 2.57 bits per heavy atom. The Labute approximate surface area is 86.3 Å². The zero-order chi connectivity index (χ0) is 10.7. The number of amides is 1. The lowest BCUT2D eigenvalue weighted by Gasteiger charge is -2.06. The summed E-state index contributed by atoms with van der Waals surface area (Å²) < 4.78 is 0. The highest BCUT2D eigenvalue weighted by Gasteiger charge is 2.10. The van der Waals surface area contributed by atoms with Crippen LogP contribution in [-0.2, 0) is 4.79 Å². The van der Waals surface area contributed by atoms with E-state index in [0.29, 0.717) is 4.90 Å². The lowest BCUT2D eigenvalue weighted by atomic mass is 10.2. The van der Waals surface area contributed by atoms with E-state index in [9.17, 15) is 9.59 Å². The number of carboxylic acids is 1. The van der Waals surface area contributed by atoms with Crippen LogP contribution in [0.1, 0.15) is 17.3 Å². The van der Waals surface area contributed by atoms with E-state index in [-0.39, 0.29) is 17.2 Å². The lowest BCUT2D eigenvalue weighted by molar-refractivity contribution is -0.114. The number of carbonyl (C=O) groups is 2. The number of aromatic carboxylic acids is 1. The Balaban J connectivity index is 3.14. The van der Waals surface area contributed by atoms with Gasteiger partial charge in [0.1, 0.15) is 0 Å². The van der Waals surface area contributed by atoms with Gasteiger partial charge in [-0.25, -0.2) is 4.79 Å². The number of hydrogen-bond acceptors (Lipinski definition) is 3. The highest BCUT2D eigenvalue weighted by molar-refractivity contribution is 7.80. The largest absolute Gasteiger partial charge is 0.478 e. The predicted molar refractivity (Wildman–Crippen MR) is 55.0 cm³/mol. The standard InChI is InChI=1S/C9H9NO3S/c1-5(11)10-8-3-2-6(14)4-7(8)9(12)13/h2-4,14H,1H3,(H,10,11)(H,12,13). The molecule has 1 rings (SSSR count). The van der Waals surface area contributed by atoms with E-state index in [0.717, 1.165) is 0 Å². The third kappa shape index (κ3) is 2.50. The molecule has 0 fully saturated rings. The number of carbonyl (C=O) groups excluding carboxylic acids is 1. The zero-order valence-corrected chi connectivity index (χ0v) is 8.34. The number of nitrogens with one attached hydrogen (secondary N) is 1. The van der Waals surface area contributed by atoms with Crippen LogP contribution >= 0.6 is 12.6 Å². The molecule has 1 aromatic rings. The van der Waals surface area contributed by atoms with Gasteiger partial charge in [-0.1, -0.05) is 0 Å². The van der Waals surface area contributed by atoms with E-state index in [2.05, 4.69) is 17.9 Å². The van der Waals surface area contributed by atoms with Crippen LogP contribution in [0.25, 0.3) is 0 Å². The van der Waals surface area contributed by atoms with Crippen LogP contribution in [0.3, 0.4) is 0 Å². The highest BCUT2D eigenvalue weighted by atomic mass is 32.1. The zero-order valence-electron chi connectivity index (χ0n) is 7.44. The smallest absolute Gasteiger partial charge is 0.337 e. The van der Waals surface area contributed by atoms with Crippen LogP contribution < -0.4 is 5.32 Å². The van der Waals surface area contributed by atoms with E-state index in [1.165, 1.54) is 19.1 Å². The van der Waals surface area contributed by atoms with Crippen LogP contribution in [0.15, 0.2) is 23.1 Å². The molecule has 0 aliphatic carbocycles. The molecule has 14 heavy (non-hydrogen) atoms. The summed E-state index contributed by atoms with van der Waals surface area (Å²) in [6, 6.07) is 4.50. The number of carboxylic acid groups (broad SMARTS) is 1. The molecule has 0 heterocycles. The van der Waals surface area contributed by atoms with Crippen molar-refractivity contribution >= 4 is 30.2 Å². The summed E-state index contributed by atoms with van der Waals surface area (Å²) in [5.74, 6) is -1.40. The number of benzene rings is 1. The maximum atomic E-state index is 10.8. The molecular weight excluding hydrogens is 202 g/mol. The Bertz CT molecular complexity index is 390. The van der Waals surface area contributed by atoms with E-state index in [4.69, 9.17) is 5.11 Å². The first-order valence-corrected chi connectivity index (χ1v) is 4.29. The van der Waals surface area contributed by atoms with Gasteiger partial charge in [0.2, 0.25) is 5.91 Å². The Morgan fingerprint density at radius 1 is 1.43 bits per heavy atom. The number of thiol groups is 1. The Morgan fingerprint density at radius 2 is 2.07 bits per heavy atom. The number of rotatable bonds is 2. The molecule has 1 aromatic carbocycles. The van der Waals surface area contributed by atoms with Gasteiger partial charge in [0.15, 0.2) is 0 Å². The summed E-state index contributed by atoms with van der Waals surface area (Å²) in [5.41, 5.74) is 0.315. The Kier molecular flexibility index (Phi) is 3.14.